The number of amides is 1. The van der Waals surface area contributed by atoms with E-state index in [-0.39, 0.29) is 11.9 Å². The lowest BCUT2D eigenvalue weighted by atomic mass is 9.77. The summed E-state index contributed by atoms with van der Waals surface area (Å²) in [6.45, 7) is 5.69. The number of anilines is 1. The minimum atomic E-state index is -0.669. The summed E-state index contributed by atoms with van der Waals surface area (Å²) in [5, 5.41) is 22.4. The lowest BCUT2D eigenvalue weighted by Crippen LogP contribution is -2.26. The van der Waals surface area contributed by atoms with E-state index in [1.165, 1.54) is 16.9 Å². The molecule has 0 spiro atoms. The van der Waals surface area contributed by atoms with Crippen molar-refractivity contribution in [3.63, 3.8) is 0 Å². The van der Waals surface area contributed by atoms with Crippen LogP contribution in [0.4, 0.5) is 5.13 Å². The zero-order chi connectivity index (χ0) is 26.4. The first kappa shape index (κ1) is 26.9. The highest BCUT2D eigenvalue weighted by Crippen LogP contribution is 2.37. The highest BCUT2D eigenvalue weighted by atomic mass is 32.1. The average molecular weight is 522 g/mol. The van der Waals surface area contributed by atoms with Crippen LogP contribution in [-0.2, 0) is 16.0 Å². The van der Waals surface area contributed by atoms with Crippen LogP contribution in [0.25, 0.3) is 0 Å². The summed E-state index contributed by atoms with van der Waals surface area (Å²) in [6.07, 6.45) is 4.23. The number of ether oxygens (including phenoxy) is 1. The van der Waals surface area contributed by atoms with Crippen molar-refractivity contribution >= 4 is 28.3 Å². The normalized spacial score (nSPS) is 18.7. The van der Waals surface area contributed by atoms with Gasteiger partial charge in [0.15, 0.2) is 0 Å². The van der Waals surface area contributed by atoms with Crippen molar-refractivity contribution in [2.45, 2.75) is 76.9 Å². The number of benzene rings is 2. The summed E-state index contributed by atoms with van der Waals surface area (Å²) < 4.78 is 5.47. The van der Waals surface area contributed by atoms with Gasteiger partial charge in [0.2, 0.25) is 5.13 Å². The standard InChI is InChI=1S/C29H35N3O4S/c1-29(2,3)36-26(34)17-19-9-11-20(12-10-19)21-13-15-23(16-14-21)27(35)30-28-32-31-25(37-28)18-24(33)22-7-5-4-6-8-22/h4-8,13-16,19-20,24,33H,9-12,17-18H2,1-3H3,(H,30,32,35)/t19-,20-,24?. The van der Waals surface area contributed by atoms with E-state index >= 15 is 0 Å². The van der Waals surface area contributed by atoms with Gasteiger partial charge < -0.3 is 9.84 Å². The van der Waals surface area contributed by atoms with Crippen LogP contribution in [0, 0.1) is 5.92 Å². The molecule has 1 atom stereocenters. The Morgan fingerprint density at radius 2 is 1.70 bits per heavy atom. The molecular weight excluding hydrogens is 486 g/mol. The smallest absolute Gasteiger partial charge is 0.306 e. The Morgan fingerprint density at radius 1 is 1.03 bits per heavy atom. The summed E-state index contributed by atoms with van der Waals surface area (Å²) in [4.78, 5) is 24.9. The van der Waals surface area contributed by atoms with E-state index in [1.807, 2.05) is 75.4 Å². The molecule has 7 nitrogen and oxygen atoms in total. The van der Waals surface area contributed by atoms with Gasteiger partial charge in [-0.05, 0) is 81.5 Å². The van der Waals surface area contributed by atoms with Crippen LogP contribution in [0.15, 0.2) is 54.6 Å². The Morgan fingerprint density at radius 3 is 2.35 bits per heavy atom. The Hall–Kier alpha value is -3.10. The molecule has 8 heteroatoms. The lowest BCUT2D eigenvalue weighted by Gasteiger charge is -2.29. The molecule has 0 aliphatic heterocycles. The van der Waals surface area contributed by atoms with Crippen molar-refractivity contribution in [1.82, 2.24) is 10.2 Å². The molecule has 1 unspecified atom stereocenters. The van der Waals surface area contributed by atoms with E-state index in [4.69, 9.17) is 4.74 Å². The largest absolute Gasteiger partial charge is 0.460 e. The van der Waals surface area contributed by atoms with Crippen LogP contribution in [0.2, 0.25) is 0 Å². The first-order valence-electron chi connectivity index (χ1n) is 12.8. The van der Waals surface area contributed by atoms with Gasteiger partial charge in [0.05, 0.1) is 6.10 Å². The van der Waals surface area contributed by atoms with Gasteiger partial charge in [-0.2, -0.15) is 0 Å². The Bertz CT molecular complexity index is 1180. The van der Waals surface area contributed by atoms with Gasteiger partial charge in [-0.25, -0.2) is 0 Å². The minimum Gasteiger partial charge on any atom is -0.460 e. The maximum atomic E-state index is 12.7. The molecule has 0 saturated heterocycles. The highest BCUT2D eigenvalue weighted by Gasteiger charge is 2.26. The molecule has 0 radical (unpaired) electrons. The number of rotatable bonds is 8. The van der Waals surface area contributed by atoms with Gasteiger partial charge in [-0.1, -0.05) is 53.8 Å². The van der Waals surface area contributed by atoms with Crippen LogP contribution >= 0.6 is 11.3 Å². The Balaban J connectivity index is 1.25. The van der Waals surface area contributed by atoms with E-state index in [9.17, 15) is 14.7 Å². The second-order valence-electron chi connectivity index (χ2n) is 10.7. The Labute approximate surface area is 222 Å². The SMILES string of the molecule is CC(C)(C)OC(=O)C[C@H]1CC[C@H](c2ccc(C(=O)Nc3nnc(CC(O)c4ccccc4)s3)cc2)CC1. The quantitative estimate of drug-likeness (QED) is 0.349. The fourth-order valence-corrected chi connectivity index (χ4v) is 5.51. The van der Waals surface area contributed by atoms with Crippen LogP contribution in [-0.4, -0.2) is 32.8 Å². The molecule has 1 saturated carbocycles. The van der Waals surface area contributed by atoms with Crippen molar-refractivity contribution in [3.05, 3.63) is 76.3 Å². The van der Waals surface area contributed by atoms with Crippen LogP contribution in [0.5, 0.6) is 0 Å². The van der Waals surface area contributed by atoms with Crippen molar-refractivity contribution in [3.8, 4) is 0 Å². The number of hydrogen-bond donors (Lipinski definition) is 2. The van der Waals surface area contributed by atoms with Crippen molar-refractivity contribution in [1.29, 1.82) is 0 Å². The number of nitrogens with one attached hydrogen (secondary N) is 1. The molecule has 1 aliphatic rings. The molecule has 0 bridgehead atoms. The summed E-state index contributed by atoms with van der Waals surface area (Å²) in [5.74, 6) is 0.468. The predicted octanol–water partition coefficient (Wildman–Crippen LogP) is 6.07. The number of aliphatic hydroxyl groups excluding tert-OH is 1. The number of nitrogens with zero attached hydrogens (tertiary/aromatic N) is 2. The number of aliphatic hydroxyl groups is 1. The average Bonchev–Trinajstić information content (AvgIpc) is 3.30. The summed E-state index contributed by atoms with van der Waals surface area (Å²) in [5.41, 5.74) is 2.16. The van der Waals surface area contributed by atoms with Crippen LogP contribution in [0.1, 0.15) is 91.4 Å². The van der Waals surface area contributed by atoms with Crippen molar-refractivity contribution in [2.24, 2.45) is 5.92 Å². The van der Waals surface area contributed by atoms with E-state index < -0.39 is 11.7 Å². The maximum absolute atomic E-state index is 12.7. The fraction of sp³-hybridized carbons (Fsp3) is 0.448. The van der Waals surface area contributed by atoms with E-state index in [0.717, 1.165) is 31.2 Å². The van der Waals surface area contributed by atoms with Crippen molar-refractivity contribution in [2.75, 3.05) is 5.32 Å². The first-order chi connectivity index (χ1) is 17.7. The third-order valence-electron chi connectivity index (χ3n) is 6.61. The summed E-state index contributed by atoms with van der Waals surface area (Å²) in [6, 6.07) is 17.1. The molecule has 4 rings (SSSR count). The second kappa shape index (κ2) is 12.0. The molecule has 2 N–H and O–H groups in total. The molecule has 1 fully saturated rings. The number of carbonyl (C=O) groups is 2. The lowest BCUT2D eigenvalue weighted by molar-refractivity contribution is -0.156. The van der Waals surface area contributed by atoms with Crippen LogP contribution < -0.4 is 5.32 Å². The fourth-order valence-electron chi connectivity index (χ4n) is 4.74. The molecule has 196 valence electrons. The molecule has 1 aliphatic carbocycles. The van der Waals surface area contributed by atoms with Gasteiger partial charge in [-0.15, -0.1) is 10.2 Å². The van der Waals surface area contributed by atoms with E-state index in [0.29, 0.717) is 40.4 Å². The highest BCUT2D eigenvalue weighted by molar-refractivity contribution is 7.15. The van der Waals surface area contributed by atoms with Gasteiger partial charge in [0.1, 0.15) is 10.6 Å². The van der Waals surface area contributed by atoms with Gasteiger partial charge in [-0.3, -0.25) is 14.9 Å². The molecule has 3 aromatic rings. The molecule has 37 heavy (non-hydrogen) atoms. The maximum Gasteiger partial charge on any atom is 0.306 e. The van der Waals surface area contributed by atoms with Gasteiger partial charge in [0.25, 0.3) is 5.91 Å². The third-order valence-corrected chi connectivity index (χ3v) is 7.47. The molecule has 2 aromatic carbocycles. The zero-order valence-corrected chi connectivity index (χ0v) is 22.5. The predicted molar refractivity (Wildman–Crippen MR) is 145 cm³/mol. The van der Waals surface area contributed by atoms with Gasteiger partial charge >= 0.3 is 5.97 Å². The minimum absolute atomic E-state index is 0.110. The molecule has 1 heterocycles. The van der Waals surface area contributed by atoms with E-state index in [2.05, 4.69) is 15.5 Å². The first-order valence-corrected chi connectivity index (χ1v) is 13.7. The van der Waals surface area contributed by atoms with E-state index in [1.54, 1.807) is 0 Å². The number of aromatic nitrogens is 2. The third kappa shape index (κ3) is 7.94. The monoisotopic (exact) mass is 521 g/mol. The number of esters is 1. The molecule has 1 aromatic heterocycles. The second-order valence-corrected chi connectivity index (χ2v) is 11.8. The summed E-state index contributed by atoms with van der Waals surface area (Å²) >= 11 is 1.26. The number of hydrogen-bond acceptors (Lipinski definition) is 7. The molecule has 1 amide bonds. The van der Waals surface area contributed by atoms with Crippen molar-refractivity contribution < 1.29 is 19.4 Å². The van der Waals surface area contributed by atoms with Gasteiger partial charge in [0, 0.05) is 18.4 Å². The topological polar surface area (TPSA) is 101 Å². The number of carbonyl (C=O) groups excluding carboxylic acids is 2. The summed E-state index contributed by atoms with van der Waals surface area (Å²) in [7, 11) is 0. The zero-order valence-electron chi connectivity index (χ0n) is 21.6. The molecular formula is C29H35N3O4S. The van der Waals surface area contributed by atoms with Crippen LogP contribution in [0.3, 0.4) is 0 Å². The Kier molecular flexibility index (Phi) is 8.71.